The third-order valence-corrected chi connectivity index (χ3v) is 1.49. The van der Waals surface area contributed by atoms with Crippen LogP contribution in [-0.4, -0.2) is 18.8 Å². The number of nitrogens with two attached hydrogens (primary N) is 1. The lowest BCUT2D eigenvalue weighted by Crippen LogP contribution is -2.27. The van der Waals surface area contributed by atoms with E-state index in [0.29, 0.717) is 0 Å². The van der Waals surface area contributed by atoms with E-state index < -0.39 is 0 Å². The molecule has 1 rings (SSSR count). The Bertz CT molecular complexity index is 78.6. The first-order valence-corrected chi connectivity index (χ1v) is 3.13. The van der Waals surface area contributed by atoms with Crippen LogP contribution in [0.25, 0.3) is 0 Å². The van der Waals surface area contributed by atoms with Gasteiger partial charge in [0.25, 0.3) is 0 Å². The highest BCUT2D eigenvalue weighted by Crippen LogP contribution is 2.31. The van der Waals surface area contributed by atoms with Crippen molar-refractivity contribution < 1.29 is 4.74 Å². The largest absolute Gasteiger partial charge is 0.380 e. The van der Waals surface area contributed by atoms with E-state index in [0.717, 1.165) is 26.1 Å². The van der Waals surface area contributed by atoms with Crippen molar-refractivity contribution in [3.63, 3.8) is 0 Å². The molecule has 1 aliphatic carbocycles. The summed E-state index contributed by atoms with van der Waals surface area (Å²) in [6, 6.07) is 0. The van der Waals surface area contributed by atoms with Gasteiger partial charge in [-0.15, -0.1) is 0 Å². The third-order valence-electron chi connectivity index (χ3n) is 1.49. The molecule has 48 valence electrons. The second kappa shape index (κ2) is 2.03. The van der Waals surface area contributed by atoms with E-state index in [1.165, 1.54) is 0 Å². The molecule has 1 fully saturated rings. The van der Waals surface area contributed by atoms with Crippen LogP contribution in [0, 0.1) is 0 Å². The van der Waals surface area contributed by atoms with E-state index >= 15 is 0 Å². The van der Waals surface area contributed by atoms with Crippen LogP contribution < -0.4 is 5.73 Å². The zero-order valence-corrected chi connectivity index (χ0v) is 5.31. The van der Waals surface area contributed by atoms with Gasteiger partial charge in [0.1, 0.15) is 0 Å². The molecule has 0 spiro atoms. The van der Waals surface area contributed by atoms with Crippen molar-refractivity contribution >= 4 is 0 Å². The highest BCUT2D eigenvalue weighted by atomic mass is 16.5. The van der Waals surface area contributed by atoms with Crippen molar-refractivity contribution in [1.29, 1.82) is 0 Å². The summed E-state index contributed by atoms with van der Waals surface area (Å²) in [5.74, 6) is 0. The van der Waals surface area contributed by atoms with Crippen LogP contribution >= 0.6 is 0 Å². The molecule has 2 N–H and O–H groups in total. The van der Waals surface area contributed by atoms with E-state index in [1.54, 1.807) is 0 Å². The summed E-state index contributed by atoms with van der Waals surface area (Å²) in [5, 5.41) is 0. The monoisotopic (exact) mass is 115 g/mol. The molecule has 0 radical (unpaired) electrons. The SMILES string of the molecule is CCOCC1(N)CC1. The van der Waals surface area contributed by atoms with E-state index in [1.807, 2.05) is 6.92 Å². The standard InChI is InChI=1S/C6H13NO/c1-2-8-5-6(7)3-4-6/h2-5,7H2,1H3. The second-order valence-electron chi connectivity index (χ2n) is 2.50. The van der Waals surface area contributed by atoms with Crippen molar-refractivity contribution in [1.82, 2.24) is 0 Å². The van der Waals surface area contributed by atoms with Crippen molar-refractivity contribution in [3.8, 4) is 0 Å². The summed E-state index contributed by atoms with van der Waals surface area (Å²) in [6.45, 7) is 3.54. The van der Waals surface area contributed by atoms with Crippen LogP contribution in [-0.2, 0) is 4.74 Å². The summed E-state index contributed by atoms with van der Waals surface area (Å²) in [4.78, 5) is 0. The van der Waals surface area contributed by atoms with Gasteiger partial charge in [-0.25, -0.2) is 0 Å². The topological polar surface area (TPSA) is 35.2 Å². The molecule has 0 heterocycles. The van der Waals surface area contributed by atoms with Crippen LogP contribution in [0.3, 0.4) is 0 Å². The smallest absolute Gasteiger partial charge is 0.0646 e. The van der Waals surface area contributed by atoms with Gasteiger partial charge in [-0.3, -0.25) is 0 Å². The fourth-order valence-electron chi connectivity index (χ4n) is 0.610. The van der Waals surface area contributed by atoms with E-state index in [-0.39, 0.29) is 5.54 Å². The van der Waals surface area contributed by atoms with Crippen LogP contribution in [0.2, 0.25) is 0 Å². The lowest BCUT2D eigenvalue weighted by atomic mass is 10.3. The quantitative estimate of drug-likeness (QED) is 0.581. The maximum Gasteiger partial charge on any atom is 0.0646 e. The molecule has 0 aromatic carbocycles. The van der Waals surface area contributed by atoms with Crippen LogP contribution in [0.15, 0.2) is 0 Å². The Kier molecular flexibility index (Phi) is 1.54. The predicted molar refractivity (Wildman–Crippen MR) is 32.6 cm³/mol. The van der Waals surface area contributed by atoms with Crippen LogP contribution in [0.1, 0.15) is 19.8 Å². The molecule has 0 unspecified atom stereocenters. The maximum atomic E-state index is 5.71. The predicted octanol–water partition coefficient (Wildman–Crippen LogP) is 0.514. The maximum absolute atomic E-state index is 5.71. The average Bonchev–Trinajstić information content (AvgIpc) is 2.45. The van der Waals surface area contributed by atoms with Gasteiger partial charge >= 0.3 is 0 Å². The van der Waals surface area contributed by atoms with E-state index in [4.69, 9.17) is 10.5 Å². The third kappa shape index (κ3) is 1.46. The number of hydrogen-bond acceptors (Lipinski definition) is 2. The first kappa shape index (κ1) is 6.05. The molecule has 0 aliphatic heterocycles. The van der Waals surface area contributed by atoms with Gasteiger partial charge in [-0.1, -0.05) is 0 Å². The molecule has 0 atom stereocenters. The Hall–Kier alpha value is -0.0800. The zero-order chi connectivity index (χ0) is 6.04. The highest BCUT2D eigenvalue weighted by molar-refractivity contribution is 4.98. The van der Waals surface area contributed by atoms with E-state index in [9.17, 15) is 0 Å². The molecule has 0 saturated heterocycles. The molecule has 0 bridgehead atoms. The molecule has 0 aromatic rings. The summed E-state index contributed by atoms with van der Waals surface area (Å²) in [5.41, 5.74) is 5.79. The zero-order valence-electron chi connectivity index (χ0n) is 5.31. The fraction of sp³-hybridized carbons (Fsp3) is 1.00. The number of rotatable bonds is 3. The molecular formula is C6H13NO. The van der Waals surface area contributed by atoms with Gasteiger partial charge in [0.05, 0.1) is 6.61 Å². The minimum Gasteiger partial charge on any atom is -0.380 e. The van der Waals surface area contributed by atoms with Gasteiger partial charge in [0, 0.05) is 12.1 Å². The minimum absolute atomic E-state index is 0.0794. The van der Waals surface area contributed by atoms with Crippen LogP contribution in [0.4, 0.5) is 0 Å². The molecule has 0 amide bonds. The van der Waals surface area contributed by atoms with Gasteiger partial charge < -0.3 is 10.5 Å². The minimum atomic E-state index is 0.0794. The summed E-state index contributed by atoms with van der Waals surface area (Å²) >= 11 is 0. The molecule has 1 aliphatic rings. The number of hydrogen-bond donors (Lipinski definition) is 1. The van der Waals surface area contributed by atoms with Gasteiger partial charge in [-0.2, -0.15) is 0 Å². The highest BCUT2D eigenvalue weighted by Gasteiger charge is 2.37. The first-order chi connectivity index (χ1) is 3.77. The number of ether oxygens (including phenoxy) is 1. The average molecular weight is 115 g/mol. The summed E-state index contributed by atoms with van der Waals surface area (Å²) < 4.78 is 5.14. The molecule has 1 saturated carbocycles. The molecular weight excluding hydrogens is 102 g/mol. The van der Waals surface area contributed by atoms with Gasteiger partial charge in [0.15, 0.2) is 0 Å². The van der Waals surface area contributed by atoms with Crippen molar-refractivity contribution in [2.45, 2.75) is 25.3 Å². The molecule has 2 nitrogen and oxygen atoms in total. The van der Waals surface area contributed by atoms with Gasteiger partial charge in [-0.05, 0) is 19.8 Å². The van der Waals surface area contributed by atoms with Crippen molar-refractivity contribution in [2.24, 2.45) is 5.73 Å². The Balaban J connectivity index is 2.01. The van der Waals surface area contributed by atoms with E-state index in [2.05, 4.69) is 0 Å². The Morgan fingerprint density at radius 2 is 2.25 bits per heavy atom. The summed E-state index contributed by atoms with van der Waals surface area (Å²) in [7, 11) is 0. The van der Waals surface area contributed by atoms with Crippen molar-refractivity contribution in [2.75, 3.05) is 13.2 Å². The van der Waals surface area contributed by atoms with Gasteiger partial charge in [0.2, 0.25) is 0 Å². The molecule has 0 aromatic heterocycles. The van der Waals surface area contributed by atoms with Crippen LogP contribution in [0.5, 0.6) is 0 Å². The second-order valence-corrected chi connectivity index (χ2v) is 2.50. The lowest BCUT2D eigenvalue weighted by molar-refractivity contribution is 0.127. The normalized spacial score (nSPS) is 23.2. The first-order valence-electron chi connectivity index (χ1n) is 3.13. The lowest BCUT2D eigenvalue weighted by Gasteiger charge is -2.05. The molecule has 2 heteroatoms. The Morgan fingerprint density at radius 3 is 2.62 bits per heavy atom. The fourth-order valence-corrected chi connectivity index (χ4v) is 0.610. The Morgan fingerprint density at radius 1 is 1.62 bits per heavy atom. The van der Waals surface area contributed by atoms with Crippen molar-refractivity contribution in [3.05, 3.63) is 0 Å². The molecule has 8 heavy (non-hydrogen) atoms. The Labute approximate surface area is 50.0 Å². The summed E-state index contributed by atoms with van der Waals surface area (Å²) in [6.07, 6.45) is 2.29.